The number of urea groups is 1. The van der Waals surface area contributed by atoms with Gasteiger partial charge in [-0.05, 0) is 61.6 Å². The summed E-state index contributed by atoms with van der Waals surface area (Å²) < 4.78 is 0. The lowest BCUT2D eigenvalue weighted by molar-refractivity contribution is -0.133. The molecule has 0 saturated carbocycles. The summed E-state index contributed by atoms with van der Waals surface area (Å²) >= 11 is 0. The molecule has 1 aliphatic carbocycles. The van der Waals surface area contributed by atoms with E-state index in [1.165, 1.54) is 11.1 Å². The molecular weight excluding hydrogens is 388 g/mol. The molecule has 1 aromatic carbocycles. The maximum Gasteiger partial charge on any atom is 0.319 e. The fourth-order valence-electron chi connectivity index (χ4n) is 6.31. The number of piperazine rings is 1. The predicted octanol–water partition coefficient (Wildman–Crippen LogP) is 2.89. The van der Waals surface area contributed by atoms with Gasteiger partial charge in [0, 0.05) is 58.8 Å². The smallest absolute Gasteiger partial charge is 0.319 e. The van der Waals surface area contributed by atoms with E-state index in [0.717, 1.165) is 84.5 Å². The maximum atomic E-state index is 13.1. The van der Waals surface area contributed by atoms with Crippen LogP contribution in [0, 0.1) is 0 Å². The number of carbonyl (C=O) groups is 2. The summed E-state index contributed by atoms with van der Waals surface area (Å²) in [5, 5.41) is 0. The summed E-state index contributed by atoms with van der Waals surface area (Å²) in [6.45, 7) is 7.14. The van der Waals surface area contributed by atoms with Crippen molar-refractivity contribution in [1.82, 2.24) is 19.6 Å². The number of amides is 3. The number of fused-ring (bicyclic) bond motifs is 2. The van der Waals surface area contributed by atoms with Crippen LogP contribution in [-0.2, 0) is 10.2 Å². The number of likely N-dealkylation sites (tertiary alicyclic amines) is 2. The van der Waals surface area contributed by atoms with E-state index >= 15 is 0 Å². The molecule has 3 fully saturated rings. The summed E-state index contributed by atoms with van der Waals surface area (Å²) in [6, 6.07) is 9.03. The number of hydrogen-bond acceptors (Lipinski definition) is 3. The zero-order valence-corrected chi connectivity index (χ0v) is 18.9. The van der Waals surface area contributed by atoms with E-state index in [9.17, 15) is 9.59 Å². The Kier molecular flexibility index (Phi) is 5.67. The predicted molar refractivity (Wildman–Crippen MR) is 121 cm³/mol. The van der Waals surface area contributed by atoms with Crippen molar-refractivity contribution in [3.8, 4) is 0 Å². The molecule has 0 aromatic heterocycles. The van der Waals surface area contributed by atoms with E-state index in [1.54, 1.807) is 0 Å². The first-order valence-corrected chi connectivity index (χ1v) is 12.2. The van der Waals surface area contributed by atoms with Gasteiger partial charge in [-0.3, -0.25) is 4.79 Å². The lowest BCUT2D eigenvalue weighted by Gasteiger charge is -2.41. The molecule has 6 heteroatoms. The summed E-state index contributed by atoms with van der Waals surface area (Å²) in [4.78, 5) is 34.4. The molecule has 0 bridgehead atoms. The van der Waals surface area contributed by atoms with E-state index in [-0.39, 0.29) is 11.4 Å². The molecule has 0 N–H and O–H groups in total. The number of rotatable bonds is 2. The minimum atomic E-state index is 0.130. The number of carbonyl (C=O) groups excluding carboxylic acids is 2. The highest BCUT2D eigenvalue weighted by atomic mass is 16.2. The SMILES string of the molecule is CN1CCN(C(=O)C[C@@H]2CC3(CCN(C(=O)N4CCCC4)CC3)c3ccccc32)CC1. The molecule has 3 heterocycles. The molecule has 1 atom stereocenters. The number of piperidine rings is 1. The Balaban J connectivity index is 1.27. The Morgan fingerprint density at radius 3 is 2.23 bits per heavy atom. The third-order valence-corrected chi connectivity index (χ3v) is 8.25. The van der Waals surface area contributed by atoms with Crippen LogP contribution in [0.2, 0.25) is 0 Å². The molecule has 5 rings (SSSR count). The summed E-state index contributed by atoms with van der Waals surface area (Å²) in [5.74, 6) is 0.621. The van der Waals surface area contributed by atoms with Gasteiger partial charge in [-0.1, -0.05) is 24.3 Å². The van der Waals surface area contributed by atoms with Crippen LogP contribution in [-0.4, -0.2) is 90.9 Å². The molecule has 4 aliphatic rings. The summed E-state index contributed by atoms with van der Waals surface area (Å²) in [6.07, 6.45) is 5.99. The first-order chi connectivity index (χ1) is 15.1. The minimum absolute atomic E-state index is 0.130. The van der Waals surface area contributed by atoms with Gasteiger partial charge < -0.3 is 19.6 Å². The maximum absolute atomic E-state index is 13.1. The van der Waals surface area contributed by atoms with Gasteiger partial charge in [0.1, 0.15) is 0 Å². The Morgan fingerprint density at radius 1 is 0.871 bits per heavy atom. The first kappa shape index (κ1) is 20.8. The van der Waals surface area contributed by atoms with Gasteiger partial charge >= 0.3 is 6.03 Å². The van der Waals surface area contributed by atoms with Crippen molar-refractivity contribution in [2.75, 3.05) is 59.4 Å². The van der Waals surface area contributed by atoms with Crippen LogP contribution in [0.5, 0.6) is 0 Å². The fourth-order valence-corrected chi connectivity index (χ4v) is 6.31. The molecule has 1 spiro atoms. The van der Waals surface area contributed by atoms with Crippen LogP contribution in [0.15, 0.2) is 24.3 Å². The molecule has 168 valence electrons. The second-order valence-electron chi connectivity index (χ2n) is 10.1. The van der Waals surface area contributed by atoms with Crippen molar-refractivity contribution in [1.29, 1.82) is 0 Å². The van der Waals surface area contributed by atoms with Gasteiger partial charge in [-0.2, -0.15) is 0 Å². The Labute approximate surface area is 186 Å². The van der Waals surface area contributed by atoms with Gasteiger partial charge in [0.05, 0.1) is 0 Å². The van der Waals surface area contributed by atoms with Crippen LogP contribution >= 0.6 is 0 Å². The van der Waals surface area contributed by atoms with Gasteiger partial charge in [-0.15, -0.1) is 0 Å². The lowest BCUT2D eigenvalue weighted by atomic mass is 9.73. The largest absolute Gasteiger partial charge is 0.340 e. The zero-order valence-electron chi connectivity index (χ0n) is 18.9. The molecule has 3 saturated heterocycles. The van der Waals surface area contributed by atoms with E-state index in [1.807, 2.05) is 4.90 Å². The molecule has 1 aromatic rings. The van der Waals surface area contributed by atoms with Gasteiger partial charge in [0.2, 0.25) is 5.91 Å². The number of benzene rings is 1. The van der Waals surface area contributed by atoms with E-state index in [4.69, 9.17) is 0 Å². The van der Waals surface area contributed by atoms with Crippen molar-refractivity contribution in [3.63, 3.8) is 0 Å². The Morgan fingerprint density at radius 2 is 1.52 bits per heavy atom. The van der Waals surface area contributed by atoms with E-state index in [0.29, 0.717) is 18.2 Å². The van der Waals surface area contributed by atoms with Gasteiger partial charge in [0.25, 0.3) is 0 Å². The highest BCUT2D eigenvalue weighted by Crippen LogP contribution is 2.52. The minimum Gasteiger partial charge on any atom is -0.340 e. The third-order valence-electron chi connectivity index (χ3n) is 8.25. The van der Waals surface area contributed by atoms with Crippen LogP contribution in [0.1, 0.15) is 55.6 Å². The van der Waals surface area contributed by atoms with Crippen LogP contribution < -0.4 is 0 Å². The zero-order chi connectivity index (χ0) is 21.4. The monoisotopic (exact) mass is 424 g/mol. The second-order valence-corrected chi connectivity index (χ2v) is 10.1. The third kappa shape index (κ3) is 3.95. The molecule has 31 heavy (non-hydrogen) atoms. The Hall–Kier alpha value is -2.08. The second kappa shape index (κ2) is 8.45. The fraction of sp³-hybridized carbons (Fsp3) is 0.680. The summed E-state index contributed by atoms with van der Waals surface area (Å²) in [5.41, 5.74) is 2.95. The van der Waals surface area contributed by atoms with Gasteiger partial charge in [0.15, 0.2) is 0 Å². The average molecular weight is 425 g/mol. The topological polar surface area (TPSA) is 47.1 Å². The van der Waals surface area contributed by atoms with Crippen LogP contribution in [0.3, 0.4) is 0 Å². The molecule has 3 amide bonds. The standard InChI is InChI=1S/C25H36N4O2/c1-26-14-16-27(17-15-26)23(30)18-20-19-25(22-7-3-2-6-21(20)22)8-12-29(13-9-25)24(31)28-10-4-5-11-28/h2-3,6-7,20H,4-5,8-19H2,1H3/t20-/m1/s1. The van der Waals surface area contributed by atoms with Crippen molar-refractivity contribution in [2.24, 2.45) is 0 Å². The van der Waals surface area contributed by atoms with E-state index in [2.05, 4.69) is 46.0 Å². The van der Waals surface area contributed by atoms with Crippen molar-refractivity contribution >= 4 is 11.9 Å². The number of likely N-dealkylation sites (N-methyl/N-ethyl adjacent to an activating group) is 1. The number of nitrogens with zero attached hydrogens (tertiary/aromatic N) is 4. The van der Waals surface area contributed by atoms with Crippen molar-refractivity contribution in [3.05, 3.63) is 35.4 Å². The average Bonchev–Trinajstić information content (AvgIpc) is 3.43. The van der Waals surface area contributed by atoms with Crippen molar-refractivity contribution < 1.29 is 9.59 Å². The first-order valence-electron chi connectivity index (χ1n) is 12.2. The lowest BCUT2D eigenvalue weighted by Crippen LogP contribution is -2.49. The molecule has 0 radical (unpaired) electrons. The van der Waals surface area contributed by atoms with Crippen LogP contribution in [0.4, 0.5) is 4.79 Å². The summed E-state index contributed by atoms with van der Waals surface area (Å²) in [7, 11) is 2.12. The quantitative estimate of drug-likeness (QED) is 0.734. The molecular formula is C25H36N4O2. The molecule has 6 nitrogen and oxygen atoms in total. The van der Waals surface area contributed by atoms with Crippen molar-refractivity contribution in [2.45, 2.75) is 49.9 Å². The van der Waals surface area contributed by atoms with Crippen LogP contribution in [0.25, 0.3) is 0 Å². The van der Waals surface area contributed by atoms with E-state index < -0.39 is 0 Å². The number of hydrogen-bond donors (Lipinski definition) is 0. The van der Waals surface area contributed by atoms with Gasteiger partial charge in [-0.25, -0.2) is 4.79 Å². The normalized spacial score (nSPS) is 25.8. The molecule has 0 unspecified atom stereocenters. The molecule has 3 aliphatic heterocycles. The Bertz CT molecular complexity index is 819. The highest BCUT2D eigenvalue weighted by Gasteiger charge is 2.46. The highest BCUT2D eigenvalue weighted by molar-refractivity contribution is 5.78.